The van der Waals surface area contributed by atoms with Crippen molar-refractivity contribution in [1.82, 2.24) is 10.6 Å². The Morgan fingerprint density at radius 2 is 2.00 bits per heavy atom. The summed E-state index contributed by atoms with van der Waals surface area (Å²) in [5.41, 5.74) is 0.350. The van der Waals surface area contributed by atoms with Crippen LogP contribution in [0.25, 0.3) is 0 Å². The molecule has 0 radical (unpaired) electrons. The molecule has 148 valence electrons. The molecular weight excluding hydrogens is 377 g/mol. The maximum atomic E-state index is 12.7. The molecule has 1 aliphatic heterocycles. The Morgan fingerprint density at radius 3 is 2.75 bits per heavy atom. The summed E-state index contributed by atoms with van der Waals surface area (Å²) in [5, 5.41) is 15.1. The van der Waals surface area contributed by atoms with Crippen molar-refractivity contribution in [3.63, 3.8) is 0 Å². The van der Waals surface area contributed by atoms with E-state index in [4.69, 9.17) is 4.74 Å². The van der Waals surface area contributed by atoms with Crippen LogP contribution >= 0.6 is 0 Å². The van der Waals surface area contributed by atoms with Gasteiger partial charge in [-0.1, -0.05) is 18.2 Å². The van der Waals surface area contributed by atoms with E-state index < -0.39 is 23.8 Å². The van der Waals surface area contributed by atoms with E-state index in [0.717, 1.165) is 12.1 Å². The largest absolute Gasteiger partial charge is 0.491 e. The summed E-state index contributed by atoms with van der Waals surface area (Å²) >= 11 is 0. The number of hydrogen-bond acceptors (Lipinski definition) is 4. The van der Waals surface area contributed by atoms with Gasteiger partial charge in [-0.05, 0) is 29.8 Å². The number of ether oxygens (including phenoxy) is 1. The van der Waals surface area contributed by atoms with Crippen LogP contribution in [0.3, 0.4) is 0 Å². The van der Waals surface area contributed by atoms with Crippen molar-refractivity contribution in [3.8, 4) is 5.75 Å². The molecule has 28 heavy (non-hydrogen) atoms. The van der Waals surface area contributed by atoms with Gasteiger partial charge in [0.2, 0.25) is 0 Å². The molecule has 0 spiro atoms. The number of carbonyl (C=O) groups is 2. The number of fused-ring (bicyclic) bond motifs is 1. The fourth-order valence-electron chi connectivity index (χ4n) is 2.79. The predicted octanol–water partition coefficient (Wildman–Crippen LogP) is 2.12. The Hall–Kier alpha value is -3.07. The SMILES string of the molecule is O=C(NCC(O)COc1cccc(C(F)(F)F)c1)c1cccc2c1C(=O)NC2. The molecule has 2 aromatic carbocycles. The van der Waals surface area contributed by atoms with Crippen LogP contribution in [-0.2, 0) is 12.7 Å². The van der Waals surface area contributed by atoms with Gasteiger partial charge < -0.3 is 20.5 Å². The molecule has 0 aromatic heterocycles. The van der Waals surface area contributed by atoms with Crippen LogP contribution in [-0.4, -0.2) is 36.2 Å². The normalized spacial score (nSPS) is 14.2. The van der Waals surface area contributed by atoms with Gasteiger partial charge in [-0.25, -0.2) is 0 Å². The lowest BCUT2D eigenvalue weighted by Crippen LogP contribution is -2.36. The first kappa shape index (κ1) is 19.7. The van der Waals surface area contributed by atoms with E-state index in [2.05, 4.69) is 10.6 Å². The van der Waals surface area contributed by atoms with E-state index in [1.807, 2.05) is 0 Å². The predicted molar refractivity (Wildman–Crippen MR) is 92.9 cm³/mol. The van der Waals surface area contributed by atoms with Crippen molar-refractivity contribution in [2.75, 3.05) is 13.2 Å². The smallest absolute Gasteiger partial charge is 0.416 e. The molecule has 2 aromatic rings. The third-order valence-electron chi connectivity index (χ3n) is 4.16. The van der Waals surface area contributed by atoms with Crippen molar-refractivity contribution in [2.24, 2.45) is 0 Å². The molecule has 0 saturated heterocycles. The first-order chi connectivity index (χ1) is 13.3. The number of halogens is 3. The van der Waals surface area contributed by atoms with Crippen LogP contribution in [0.2, 0.25) is 0 Å². The highest BCUT2D eigenvalue weighted by atomic mass is 19.4. The quantitative estimate of drug-likeness (QED) is 0.701. The lowest BCUT2D eigenvalue weighted by molar-refractivity contribution is -0.137. The first-order valence-corrected chi connectivity index (χ1v) is 8.42. The number of carbonyl (C=O) groups excluding carboxylic acids is 2. The van der Waals surface area contributed by atoms with E-state index in [1.54, 1.807) is 12.1 Å². The van der Waals surface area contributed by atoms with Crippen molar-refractivity contribution < 1.29 is 32.6 Å². The second kappa shape index (κ2) is 7.89. The molecule has 3 rings (SSSR count). The molecule has 3 N–H and O–H groups in total. The molecule has 0 bridgehead atoms. The summed E-state index contributed by atoms with van der Waals surface area (Å²) in [6.07, 6.45) is -5.64. The maximum Gasteiger partial charge on any atom is 0.416 e. The van der Waals surface area contributed by atoms with Gasteiger partial charge in [-0.3, -0.25) is 9.59 Å². The lowest BCUT2D eigenvalue weighted by Gasteiger charge is -2.15. The van der Waals surface area contributed by atoms with Crippen molar-refractivity contribution in [1.29, 1.82) is 0 Å². The zero-order valence-corrected chi connectivity index (χ0v) is 14.5. The van der Waals surface area contributed by atoms with Crippen LogP contribution in [0.1, 0.15) is 31.8 Å². The number of nitrogens with one attached hydrogen (secondary N) is 2. The van der Waals surface area contributed by atoms with Gasteiger partial charge in [0.05, 0.1) is 16.7 Å². The van der Waals surface area contributed by atoms with Crippen molar-refractivity contribution in [2.45, 2.75) is 18.8 Å². The summed E-state index contributed by atoms with van der Waals surface area (Å²) in [6.45, 7) is -0.152. The molecule has 1 atom stereocenters. The van der Waals surface area contributed by atoms with Gasteiger partial charge in [-0.15, -0.1) is 0 Å². The Balaban J connectivity index is 1.54. The van der Waals surface area contributed by atoms with Crippen LogP contribution in [0.5, 0.6) is 5.75 Å². The maximum absolute atomic E-state index is 12.7. The Morgan fingerprint density at radius 1 is 1.25 bits per heavy atom. The van der Waals surface area contributed by atoms with Gasteiger partial charge in [-0.2, -0.15) is 13.2 Å². The zero-order valence-electron chi connectivity index (χ0n) is 14.5. The number of amides is 2. The second-order valence-corrected chi connectivity index (χ2v) is 6.22. The molecule has 0 fully saturated rings. The first-order valence-electron chi connectivity index (χ1n) is 8.42. The molecule has 1 heterocycles. The van der Waals surface area contributed by atoms with Crippen LogP contribution < -0.4 is 15.4 Å². The number of alkyl halides is 3. The molecular formula is C19H17F3N2O4. The van der Waals surface area contributed by atoms with Crippen LogP contribution in [0.4, 0.5) is 13.2 Å². The number of aliphatic hydroxyl groups excluding tert-OH is 1. The fraction of sp³-hybridized carbons (Fsp3) is 0.263. The second-order valence-electron chi connectivity index (χ2n) is 6.22. The van der Waals surface area contributed by atoms with Crippen molar-refractivity contribution in [3.05, 3.63) is 64.7 Å². The van der Waals surface area contributed by atoms with Crippen LogP contribution in [0, 0.1) is 0 Å². The number of benzene rings is 2. The summed E-state index contributed by atoms with van der Waals surface area (Å²) in [4.78, 5) is 24.2. The van der Waals surface area contributed by atoms with E-state index >= 15 is 0 Å². The number of rotatable bonds is 6. The van der Waals surface area contributed by atoms with Crippen LogP contribution in [0.15, 0.2) is 42.5 Å². The molecule has 0 saturated carbocycles. The highest BCUT2D eigenvalue weighted by Crippen LogP contribution is 2.31. The average molecular weight is 394 g/mol. The van der Waals surface area contributed by atoms with Crippen molar-refractivity contribution >= 4 is 11.8 Å². The van der Waals surface area contributed by atoms with E-state index in [1.165, 1.54) is 18.2 Å². The average Bonchev–Trinajstić information content (AvgIpc) is 3.05. The minimum Gasteiger partial charge on any atom is -0.491 e. The molecule has 1 unspecified atom stereocenters. The topological polar surface area (TPSA) is 87.7 Å². The van der Waals surface area contributed by atoms with Gasteiger partial charge in [0.1, 0.15) is 18.5 Å². The highest BCUT2D eigenvalue weighted by Gasteiger charge is 2.30. The molecule has 0 aliphatic carbocycles. The van der Waals surface area contributed by atoms with E-state index in [9.17, 15) is 27.9 Å². The summed E-state index contributed by atoms with van der Waals surface area (Å²) < 4.78 is 43.2. The third kappa shape index (κ3) is 4.42. The number of aliphatic hydroxyl groups is 1. The molecule has 2 amide bonds. The van der Waals surface area contributed by atoms with Gasteiger partial charge in [0.15, 0.2) is 0 Å². The Kier molecular flexibility index (Phi) is 5.55. The van der Waals surface area contributed by atoms with Gasteiger partial charge >= 0.3 is 6.18 Å². The summed E-state index contributed by atoms with van der Waals surface area (Å²) in [6, 6.07) is 9.18. The molecule has 6 nitrogen and oxygen atoms in total. The molecule has 9 heteroatoms. The highest BCUT2D eigenvalue weighted by molar-refractivity contribution is 6.09. The zero-order chi connectivity index (χ0) is 20.3. The molecule has 1 aliphatic rings. The summed E-state index contributed by atoms with van der Waals surface area (Å²) in [5.74, 6) is -0.918. The minimum atomic E-state index is -4.49. The summed E-state index contributed by atoms with van der Waals surface area (Å²) in [7, 11) is 0. The van der Waals surface area contributed by atoms with E-state index in [-0.39, 0.29) is 30.4 Å². The minimum absolute atomic E-state index is 0.0437. The standard InChI is InChI=1S/C19H17F3N2O4/c20-19(21,22)12-4-2-5-14(7-12)28-10-13(25)9-24-17(26)15-6-1-3-11-8-23-18(27)16(11)15/h1-7,13,25H,8-10H2,(H,23,27)(H,24,26). The lowest BCUT2D eigenvalue weighted by atomic mass is 10.0. The third-order valence-corrected chi connectivity index (χ3v) is 4.16. The fourth-order valence-corrected chi connectivity index (χ4v) is 2.79. The van der Waals surface area contributed by atoms with E-state index in [0.29, 0.717) is 17.7 Å². The number of hydrogen-bond donors (Lipinski definition) is 3. The Bertz CT molecular complexity index is 899. The van der Waals surface area contributed by atoms with Gasteiger partial charge in [0.25, 0.3) is 11.8 Å². The monoisotopic (exact) mass is 394 g/mol. The van der Waals surface area contributed by atoms with Gasteiger partial charge in [0, 0.05) is 13.1 Å². The Labute approximate surface area is 158 Å².